The Morgan fingerprint density at radius 2 is 1.85 bits per heavy atom. The van der Waals surface area contributed by atoms with E-state index in [9.17, 15) is 0 Å². The van der Waals surface area contributed by atoms with E-state index in [0.29, 0.717) is 12.0 Å². The molecular weight excluding hydrogens is 244 g/mol. The van der Waals surface area contributed by atoms with Crippen LogP contribution in [0.5, 0.6) is 0 Å². The molecule has 0 spiro atoms. The predicted octanol–water partition coefficient (Wildman–Crippen LogP) is 5.44. The summed E-state index contributed by atoms with van der Waals surface area (Å²) in [7, 11) is 0. The van der Waals surface area contributed by atoms with Gasteiger partial charge in [-0.15, -0.1) is 0 Å². The topological polar surface area (TPSA) is 17.8 Å². The smallest absolute Gasteiger partial charge is 0.0642 e. The molecule has 0 saturated carbocycles. The SMILES string of the molecule is C=Cc1c(CC=C/C=C/C(C)C)cnn1C(C)C.CC. The van der Waals surface area contributed by atoms with E-state index in [0.717, 1.165) is 12.1 Å². The van der Waals surface area contributed by atoms with Crippen molar-refractivity contribution >= 4 is 6.08 Å². The number of hydrogen-bond acceptors (Lipinski definition) is 1. The Morgan fingerprint density at radius 3 is 2.35 bits per heavy atom. The molecule has 0 N–H and O–H groups in total. The van der Waals surface area contributed by atoms with Crippen LogP contribution in [0.15, 0.2) is 37.1 Å². The van der Waals surface area contributed by atoms with Gasteiger partial charge in [0, 0.05) is 11.6 Å². The molecule has 0 radical (unpaired) electrons. The molecule has 0 aliphatic rings. The summed E-state index contributed by atoms with van der Waals surface area (Å²) in [5, 5.41) is 4.41. The summed E-state index contributed by atoms with van der Waals surface area (Å²) in [5.74, 6) is 0.599. The van der Waals surface area contributed by atoms with E-state index in [1.165, 1.54) is 5.56 Å². The number of nitrogens with zero attached hydrogens (tertiary/aromatic N) is 2. The van der Waals surface area contributed by atoms with Crippen LogP contribution in [0.2, 0.25) is 0 Å². The highest BCUT2D eigenvalue weighted by Gasteiger charge is 2.08. The molecular formula is C18H30N2. The predicted molar refractivity (Wildman–Crippen MR) is 90.9 cm³/mol. The fourth-order valence-electron chi connectivity index (χ4n) is 1.76. The molecule has 1 rings (SSSR count). The number of hydrogen-bond donors (Lipinski definition) is 0. The lowest BCUT2D eigenvalue weighted by molar-refractivity contribution is 0.528. The van der Waals surface area contributed by atoms with Crippen molar-refractivity contribution in [3.05, 3.63) is 48.3 Å². The van der Waals surface area contributed by atoms with Gasteiger partial charge in [-0.2, -0.15) is 5.10 Å². The molecule has 2 heteroatoms. The average molecular weight is 274 g/mol. The van der Waals surface area contributed by atoms with E-state index in [2.05, 4.69) is 63.7 Å². The second-order valence-electron chi connectivity index (χ2n) is 5.06. The quantitative estimate of drug-likeness (QED) is 0.631. The zero-order valence-electron chi connectivity index (χ0n) is 13.9. The van der Waals surface area contributed by atoms with Gasteiger partial charge >= 0.3 is 0 Å². The average Bonchev–Trinajstić information content (AvgIpc) is 2.83. The van der Waals surface area contributed by atoms with Crippen LogP contribution in [0.4, 0.5) is 0 Å². The first kappa shape index (κ1) is 18.4. The zero-order valence-corrected chi connectivity index (χ0v) is 13.9. The van der Waals surface area contributed by atoms with Crippen molar-refractivity contribution in [1.82, 2.24) is 9.78 Å². The molecule has 0 aromatic carbocycles. The van der Waals surface area contributed by atoms with Crippen molar-refractivity contribution in [1.29, 1.82) is 0 Å². The largest absolute Gasteiger partial charge is 0.263 e. The van der Waals surface area contributed by atoms with Crippen molar-refractivity contribution in [2.75, 3.05) is 0 Å². The normalized spacial score (nSPS) is 11.4. The second kappa shape index (κ2) is 10.2. The van der Waals surface area contributed by atoms with E-state index in [4.69, 9.17) is 0 Å². The molecule has 0 amide bonds. The molecule has 0 aliphatic heterocycles. The van der Waals surface area contributed by atoms with Gasteiger partial charge in [-0.25, -0.2) is 0 Å². The summed E-state index contributed by atoms with van der Waals surface area (Å²) >= 11 is 0. The van der Waals surface area contributed by atoms with Gasteiger partial charge in [0.1, 0.15) is 0 Å². The van der Waals surface area contributed by atoms with Crippen LogP contribution < -0.4 is 0 Å². The first-order valence-corrected chi connectivity index (χ1v) is 7.58. The Balaban J connectivity index is 0.00000172. The third kappa shape index (κ3) is 6.05. The highest BCUT2D eigenvalue weighted by molar-refractivity contribution is 5.47. The Bertz CT molecular complexity index is 434. The van der Waals surface area contributed by atoms with Gasteiger partial charge in [-0.1, -0.05) is 58.6 Å². The minimum absolute atomic E-state index is 0.372. The van der Waals surface area contributed by atoms with Crippen LogP contribution in [0.25, 0.3) is 6.08 Å². The zero-order chi connectivity index (χ0) is 15.5. The van der Waals surface area contributed by atoms with E-state index in [1.54, 1.807) is 0 Å². The molecule has 0 aliphatic carbocycles. The molecule has 1 aromatic rings. The number of rotatable bonds is 6. The maximum absolute atomic E-state index is 4.41. The maximum atomic E-state index is 4.41. The van der Waals surface area contributed by atoms with Crippen molar-refractivity contribution in [3.8, 4) is 0 Å². The van der Waals surface area contributed by atoms with Crippen LogP contribution in [0.1, 0.15) is 58.8 Å². The van der Waals surface area contributed by atoms with Gasteiger partial charge in [-0.05, 0) is 32.3 Å². The lowest BCUT2D eigenvalue weighted by Crippen LogP contribution is -2.05. The summed E-state index contributed by atoms with van der Waals surface area (Å²) in [4.78, 5) is 0. The Morgan fingerprint density at radius 1 is 1.20 bits per heavy atom. The highest BCUT2D eigenvalue weighted by atomic mass is 15.3. The third-order valence-corrected chi connectivity index (χ3v) is 2.68. The molecule has 1 heterocycles. The molecule has 0 saturated heterocycles. The Hall–Kier alpha value is -1.57. The minimum Gasteiger partial charge on any atom is -0.263 e. The monoisotopic (exact) mass is 274 g/mol. The lowest BCUT2D eigenvalue weighted by atomic mass is 10.1. The van der Waals surface area contributed by atoms with Crippen LogP contribution in [0.3, 0.4) is 0 Å². The van der Waals surface area contributed by atoms with Crippen LogP contribution in [-0.4, -0.2) is 9.78 Å². The van der Waals surface area contributed by atoms with Crippen molar-refractivity contribution in [3.63, 3.8) is 0 Å². The van der Waals surface area contributed by atoms with Gasteiger partial charge in [0.25, 0.3) is 0 Å². The number of aromatic nitrogens is 2. The molecule has 0 atom stereocenters. The molecule has 2 nitrogen and oxygen atoms in total. The molecule has 0 bridgehead atoms. The van der Waals surface area contributed by atoms with Gasteiger partial charge in [0.2, 0.25) is 0 Å². The van der Waals surface area contributed by atoms with Crippen molar-refractivity contribution in [2.24, 2.45) is 5.92 Å². The Labute approximate surface area is 124 Å². The summed E-state index contributed by atoms with van der Waals surface area (Å²) in [6, 6.07) is 0.372. The second-order valence-corrected chi connectivity index (χ2v) is 5.06. The minimum atomic E-state index is 0.372. The van der Waals surface area contributed by atoms with Crippen LogP contribution in [0, 0.1) is 5.92 Å². The van der Waals surface area contributed by atoms with Crippen LogP contribution in [-0.2, 0) is 6.42 Å². The number of allylic oxidation sites excluding steroid dienone is 4. The standard InChI is InChI=1S/C16H24N2.C2H6/c1-6-16-15(12-17-18(16)14(4)5)11-9-7-8-10-13(2)3;1-2/h6-10,12-14H,1,11H2,2-5H3;1-2H3/b9-7?,10-8+;. The maximum Gasteiger partial charge on any atom is 0.0642 e. The van der Waals surface area contributed by atoms with E-state index < -0.39 is 0 Å². The summed E-state index contributed by atoms with van der Waals surface area (Å²) in [6.45, 7) is 16.5. The van der Waals surface area contributed by atoms with E-state index in [-0.39, 0.29) is 0 Å². The molecule has 0 unspecified atom stereocenters. The summed E-state index contributed by atoms with van der Waals surface area (Å²) < 4.78 is 2.01. The molecule has 1 aromatic heterocycles. The first-order chi connectivity index (χ1) is 9.56. The Kier molecular flexibility index (Phi) is 9.44. The third-order valence-electron chi connectivity index (χ3n) is 2.68. The first-order valence-electron chi connectivity index (χ1n) is 7.58. The highest BCUT2D eigenvalue weighted by Crippen LogP contribution is 2.16. The van der Waals surface area contributed by atoms with E-state index in [1.807, 2.05) is 30.8 Å². The summed E-state index contributed by atoms with van der Waals surface area (Å²) in [5.41, 5.74) is 2.36. The van der Waals surface area contributed by atoms with Gasteiger partial charge in [0.05, 0.1) is 11.9 Å². The van der Waals surface area contributed by atoms with Gasteiger partial charge in [-0.3, -0.25) is 4.68 Å². The molecule has 0 fully saturated rings. The summed E-state index contributed by atoms with van der Waals surface area (Å²) in [6.07, 6.45) is 13.3. The fourth-order valence-corrected chi connectivity index (χ4v) is 1.76. The fraction of sp³-hybridized carbons (Fsp3) is 0.500. The molecule has 112 valence electrons. The van der Waals surface area contributed by atoms with Crippen molar-refractivity contribution < 1.29 is 0 Å². The van der Waals surface area contributed by atoms with Gasteiger partial charge in [0.15, 0.2) is 0 Å². The molecule has 20 heavy (non-hydrogen) atoms. The van der Waals surface area contributed by atoms with E-state index >= 15 is 0 Å². The lowest BCUT2D eigenvalue weighted by Gasteiger charge is -2.08. The van der Waals surface area contributed by atoms with Gasteiger partial charge < -0.3 is 0 Å². The van der Waals surface area contributed by atoms with Crippen LogP contribution >= 0.6 is 0 Å². The van der Waals surface area contributed by atoms with Crippen molar-refractivity contribution in [2.45, 2.75) is 54.0 Å².